The molecule has 1 N–H and O–H groups in total. The van der Waals surface area contributed by atoms with Crippen LogP contribution in [0.2, 0.25) is 0 Å². The molecule has 0 aromatic rings. The number of aliphatic hydroxyl groups is 1. The third kappa shape index (κ3) is 9.33. The summed E-state index contributed by atoms with van der Waals surface area (Å²) in [4.78, 5) is 0. The molecule has 0 heterocycles. The molecule has 0 aromatic carbocycles. The summed E-state index contributed by atoms with van der Waals surface area (Å²) in [6.45, 7) is 4.22. The van der Waals surface area contributed by atoms with E-state index in [1.807, 2.05) is 18.2 Å². The molecule has 0 spiro atoms. The van der Waals surface area contributed by atoms with Crippen LogP contribution in [0.25, 0.3) is 0 Å². The smallest absolute Gasteiger partial charge is 0.199 e. The first-order valence-electron chi connectivity index (χ1n) is 5.44. The maximum atomic E-state index is 9.31. The molecule has 0 aliphatic heterocycles. The molecular formula is C12H22O2. The lowest BCUT2D eigenvalue weighted by atomic mass is 10.2. The number of hydrogen-bond donors (Lipinski definition) is 1. The molecule has 2 nitrogen and oxygen atoms in total. The van der Waals surface area contributed by atoms with Gasteiger partial charge in [0.05, 0.1) is 6.26 Å². The van der Waals surface area contributed by atoms with Crippen LogP contribution in [0, 0.1) is 0 Å². The Hall–Kier alpha value is -0.760. The molecule has 0 saturated heterocycles. The Labute approximate surface area is 87.3 Å². The normalized spacial score (nSPS) is 13.9. The first-order valence-corrected chi connectivity index (χ1v) is 5.44. The number of ether oxygens (including phenoxy) is 1. The van der Waals surface area contributed by atoms with Crippen molar-refractivity contribution in [2.45, 2.75) is 52.2 Å². The van der Waals surface area contributed by atoms with Crippen LogP contribution < -0.4 is 0 Å². The van der Waals surface area contributed by atoms with Crippen LogP contribution in [0.4, 0.5) is 0 Å². The maximum absolute atomic E-state index is 9.31. The van der Waals surface area contributed by atoms with E-state index in [4.69, 9.17) is 4.74 Å². The van der Waals surface area contributed by atoms with E-state index >= 15 is 0 Å². The summed E-state index contributed by atoms with van der Waals surface area (Å²) in [6, 6.07) is 0. The summed E-state index contributed by atoms with van der Waals surface area (Å²) < 4.78 is 5.06. The molecule has 82 valence electrons. The zero-order chi connectivity index (χ0) is 10.6. The topological polar surface area (TPSA) is 29.5 Å². The van der Waals surface area contributed by atoms with Gasteiger partial charge in [-0.25, -0.2) is 0 Å². The van der Waals surface area contributed by atoms with Crippen LogP contribution in [0.1, 0.15) is 46.0 Å². The summed E-state index contributed by atoms with van der Waals surface area (Å²) in [5.74, 6) is 0. The molecule has 0 rings (SSSR count). The summed E-state index contributed by atoms with van der Waals surface area (Å²) in [5.41, 5.74) is 0. The van der Waals surface area contributed by atoms with Crippen LogP contribution >= 0.6 is 0 Å². The quantitative estimate of drug-likeness (QED) is 0.280. The molecule has 0 aromatic heterocycles. The fraction of sp³-hybridized carbons (Fsp3) is 0.667. The molecule has 1 unspecified atom stereocenters. The highest BCUT2D eigenvalue weighted by Gasteiger charge is 1.96. The van der Waals surface area contributed by atoms with Gasteiger partial charge in [0.15, 0.2) is 6.29 Å². The average Bonchev–Trinajstić information content (AvgIpc) is 2.18. The third-order valence-corrected chi connectivity index (χ3v) is 1.80. The van der Waals surface area contributed by atoms with Gasteiger partial charge in [0.25, 0.3) is 0 Å². The SMILES string of the molecule is CC/C=C\CC(O)O/C=C\CCCC. The Bertz CT molecular complexity index is 162. The van der Waals surface area contributed by atoms with Gasteiger partial charge in [-0.05, 0) is 25.3 Å². The van der Waals surface area contributed by atoms with Gasteiger partial charge < -0.3 is 9.84 Å². The molecule has 0 radical (unpaired) electrons. The summed E-state index contributed by atoms with van der Waals surface area (Å²) in [7, 11) is 0. The fourth-order valence-corrected chi connectivity index (χ4v) is 0.971. The van der Waals surface area contributed by atoms with Gasteiger partial charge in [0, 0.05) is 6.42 Å². The minimum absolute atomic E-state index is 0.561. The van der Waals surface area contributed by atoms with Crippen LogP contribution in [0.3, 0.4) is 0 Å². The molecule has 0 amide bonds. The van der Waals surface area contributed by atoms with E-state index in [-0.39, 0.29) is 0 Å². The molecule has 2 heteroatoms. The van der Waals surface area contributed by atoms with E-state index in [0.29, 0.717) is 6.42 Å². The lowest BCUT2D eigenvalue weighted by molar-refractivity contribution is -0.0478. The highest BCUT2D eigenvalue weighted by molar-refractivity contribution is 4.82. The summed E-state index contributed by atoms with van der Waals surface area (Å²) in [6.07, 6.45) is 11.8. The molecule has 0 aliphatic carbocycles. The number of unbranched alkanes of at least 4 members (excludes halogenated alkanes) is 2. The Morgan fingerprint density at radius 1 is 1.21 bits per heavy atom. The first-order chi connectivity index (χ1) is 6.81. The van der Waals surface area contributed by atoms with Crippen molar-refractivity contribution >= 4 is 0 Å². The molecule has 1 atom stereocenters. The Balaban J connectivity index is 3.38. The predicted octanol–water partition coefficient (Wildman–Crippen LogP) is 3.38. The maximum Gasteiger partial charge on any atom is 0.199 e. The van der Waals surface area contributed by atoms with Crippen molar-refractivity contribution in [3.05, 3.63) is 24.5 Å². The largest absolute Gasteiger partial charge is 0.473 e. The Morgan fingerprint density at radius 3 is 2.64 bits per heavy atom. The standard InChI is InChI=1S/C12H22O2/c1-3-5-7-9-11-14-12(13)10-8-6-4-2/h6,8-9,11-13H,3-5,7,10H2,1-2H3/b8-6-,11-9-. The van der Waals surface area contributed by atoms with E-state index in [9.17, 15) is 5.11 Å². The lowest BCUT2D eigenvalue weighted by Crippen LogP contribution is -2.05. The number of allylic oxidation sites excluding steroid dienone is 2. The van der Waals surface area contributed by atoms with Gasteiger partial charge in [-0.3, -0.25) is 0 Å². The van der Waals surface area contributed by atoms with E-state index in [0.717, 1.165) is 12.8 Å². The van der Waals surface area contributed by atoms with Crippen molar-refractivity contribution in [3.63, 3.8) is 0 Å². The summed E-state index contributed by atoms with van der Waals surface area (Å²) >= 11 is 0. The highest BCUT2D eigenvalue weighted by atomic mass is 16.6. The predicted molar refractivity (Wildman–Crippen MR) is 59.8 cm³/mol. The number of aliphatic hydroxyl groups excluding tert-OH is 1. The highest BCUT2D eigenvalue weighted by Crippen LogP contribution is 1.99. The Morgan fingerprint density at radius 2 is 2.00 bits per heavy atom. The van der Waals surface area contributed by atoms with Crippen molar-refractivity contribution < 1.29 is 9.84 Å². The van der Waals surface area contributed by atoms with E-state index < -0.39 is 6.29 Å². The van der Waals surface area contributed by atoms with Crippen molar-refractivity contribution in [3.8, 4) is 0 Å². The number of rotatable bonds is 8. The van der Waals surface area contributed by atoms with Gasteiger partial charge in [-0.15, -0.1) is 0 Å². The van der Waals surface area contributed by atoms with Crippen LogP contribution in [-0.2, 0) is 4.74 Å². The van der Waals surface area contributed by atoms with Crippen LogP contribution in [-0.4, -0.2) is 11.4 Å². The van der Waals surface area contributed by atoms with Gasteiger partial charge in [0.2, 0.25) is 0 Å². The zero-order valence-electron chi connectivity index (χ0n) is 9.28. The molecule has 0 aliphatic rings. The van der Waals surface area contributed by atoms with Crippen molar-refractivity contribution in [1.82, 2.24) is 0 Å². The van der Waals surface area contributed by atoms with Crippen molar-refractivity contribution in [1.29, 1.82) is 0 Å². The Kier molecular flexibility index (Phi) is 9.76. The van der Waals surface area contributed by atoms with Gasteiger partial charge in [0.1, 0.15) is 0 Å². The minimum atomic E-state index is -0.698. The van der Waals surface area contributed by atoms with Gasteiger partial charge >= 0.3 is 0 Å². The molecule has 0 saturated carbocycles. The molecule has 0 bridgehead atoms. The molecule has 0 fully saturated rings. The lowest BCUT2D eigenvalue weighted by Gasteiger charge is -2.06. The molecule has 14 heavy (non-hydrogen) atoms. The second kappa shape index (κ2) is 10.3. The number of hydrogen-bond acceptors (Lipinski definition) is 2. The third-order valence-electron chi connectivity index (χ3n) is 1.80. The monoisotopic (exact) mass is 198 g/mol. The summed E-state index contributed by atoms with van der Waals surface area (Å²) in [5, 5.41) is 9.31. The molecular weight excluding hydrogens is 176 g/mol. The van der Waals surface area contributed by atoms with E-state index in [2.05, 4.69) is 13.8 Å². The van der Waals surface area contributed by atoms with E-state index in [1.165, 1.54) is 12.8 Å². The van der Waals surface area contributed by atoms with Crippen molar-refractivity contribution in [2.75, 3.05) is 0 Å². The van der Waals surface area contributed by atoms with Crippen LogP contribution in [0.5, 0.6) is 0 Å². The minimum Gasteiger partial charge on any atom is -0.473 e. The first kappa shape index (κ1) is 13.2. The van der Waals surface area contributed by atoms with Gasteiger partial charge in [-0.2, -0.15) is 0 Å². The second-order valence-corrected chi connectivity index (χ2v) is 3.22. The second-order valence-electron chi connectivity index (χ2n) is 3.22. The fourth-order valence-electron chi connectivity index (χ4n) is 0.971. The zero-order valence-corrected chi connectivity index (χ0v) is 9.28. The average molecular weight is 198 g/mol. The van der Waals surface area contributed by atoms with E-state index in [1.54, 1.807) is 6.26 Å². The van der Waals surface area contributed by atoms with Crippen molar-refractivity contribution in [2.24, 2.45) is 0 Å². The van der Waals surface area contributed by atoms with Gasteiger partial charge in [-0.1, -0.05) is 32.4 Å². The van der Waals surface area contributed by atoms with Crippen LogP contribution in [0.15, 0.2) is 24.5 Å².